The van der Waals surface area contributed by atoms with Gasteiger partial charge in [-0.1, -0.05) is 36.4 Å². The molecule has 3 aromatic rings. The zero-order chi connectivity index (χ0) is 52.1. The van der Waals surface area contributed by atoms with Crippen LogP contribution in [0.25, 0.3) is 0 Å². The minimum Gasteiger partial charge on any atom is -0.872 e. The molecule has 0 radical (unpaired) electrons. The Bertz CT molecular complexity index is 1360. The fourth-order valence-electron chi connectivity index (χ4n) is 2.34. The number of rotatable bonds is 6. The van der Waals surface area contributed by atoms with Crippen LogP contribution in [-0.2, 0) is 58.4 Å². The SMILES string of the molecule is CO.CO.CO.CO.CO.CO.CO.O=Cc1ccc(C=O)c([O-])c1[O-].O=Cc1ccc(C=O)c([O-])c1[O-].O=Cc1ccc(C=O)c([O-])c1[O-].O=[N+]([O-])[O-].O=[N+]([O-])[O-].O=[N+]([O-])[O-].[La+3].[Zn+2].[Zn+2].[Zn+2]. The van der Waals surface area contributed by atoms with E-state index < -0.39 is 49.8 Å². The van der Waals surface area contributed by atoms with Gasteiger partial charge in [0.05, 0.1) is 15.3 Å². The minimum atomic E-state index is -1.75. The molecular formula is C31H40LaN3O28Zn3. The van der Waals surface area contributed by atoms with Crippen molar-refractivity contribution in [2.75, 3.05) is 49.8 Å². The van der Waals surface area contributed by atoms with Crippen molar-refractivity contribution in [3.63, 3.8) is 0 Å². The molecule has 0 spiro atoms. The molecule has 0 aliphatic rings. The van der Waals surface area contributed by atoms with Gasteiger partial charge in [0, 0.05) is 83.1 Å². The Balaban J connectivity index is -0.0000000399. The number of benzene rings is 3. The van der Waals surface area contributed by atoms with Crippen molar-refractivity contribution in [3.8, 4) is 34.5 Å². The van der Waals surface area contributed by atoms with Crippen LogP contribution in [0.5, 0.6) is 34.5 Å². The van der Waals surface area contributed by atoms with E-state index in [2.05, 4.69) is 0 Å². The number of nitrogens with zero attached hydrogens (tertiary/aromatic N) is 3. The molecule has 66 heavy (non-hydrogen) atoms. The molecule has 0 amide bonds. The predicted molar refractivity (Wildman–Crippen MR) is 196 cm³/mol. The fraction of sp³-hybridized carbons (Fsp3) is 0.226. The van der Waals surface area contributed by atoms with E-state index in [-0.39, 0.29) is 165 Å². The van der Waals surface area contributed by atoms with E-state index in [1.54, 1.807) is 0 Å². The van der Waals surface area contributed by atoms with Crippen LogP contribution in [0, 0.1) is 81.6 Å². The topological polar surface area (TPSA) is 581 Å². The van der Waals surface area contributed by atoms with E-state index in [0.29, 0.717) is 0 Å². The fourth-order valence-corrected chi connectivity index (χ4v) is 2.34. The number of aliphatic hydroxyl groups is 7. The third-order valence-corrected chi connectivity index (χ3v) is 4.28. The van der Waals surface area contributed by atoms with Gasteiger partial charge in [0.1, 0.15) is 37.7 Å². The smallest absolute Gasteiger partial charge is 0.872 e. The second kappa shape index (κ2) is 77.1. The molecule has 0 saturated carbocycles. The zero-order valence-corrected chi connectivity index (χ0v) is 48.2. The quantitative estimate of drug-likeness (QED) is 0.0525. The monoisotopic (exact) mass is 1230 g/mol. The summed E-state index contributed by atoms with van der Waals surface area (Å²) in [6.07, 6.45) is 1.74. The van der Waals surface area contributed by atoms with Crippen molar-refractivity contribution in [1.29, 1.82) is 0 Å². The molecule has 0 bridgehead atoms. The van der Waals surface area contributed by atoms with Crippen LogP contribution in [0.2, 0.25) is 0 Å². The Kier molecular flexibility index (Phi) is 116. The van der Waals surface area contributed by atoms with Crippen LogP contribution in [0.15, 0.2) is 36.4 Å². The Hall–Kier alpha value is -5.14. The molecule has 0 unspecified atom stereocenters. The van der Waals surface area contributed by atoms with Crippen LogP contribution in [-0.4, -0.2) is 138 Å². The maximum Gasteiger partial charge on any atom is 3.00 e. The van der Waals surface area contributed by atoms with Gasteiger partial charge in [0.2, 0.25) is 0 Å². The van der Waals surface area contributed by atoms with Gasteiger partial charge in [0.15, 0.2) is 0 Å². The summed E-state index contributed by atoms with van der Waals surface area (Å²) in [5.74, 6) is -5.53. The first-order chi connectivity index (χ1) is 29.3. The van der Waals surface area contributed by atoms with Crippen molar-refractivity contribution in [3.05, 3.63) is 116 Å². The summed E-state index contributed by atoms with van der Waals surface area (Å²) in [7, 11) is 7.00. The summed E-state index contributed by atoms with van der Waals surface area (Å²) in [6.45, 7) is 0. The molecule has 0 aliphatic heterocycles. The molecule has 0 atom stereocenters. The molecule has 7 N–H and O–H groups in total. The average molecular weight is 1240 g/mol. The molecule has 31 nitrogen and oxygen atoms in total. The van der Waals surface area contributed by atoms with E-state index in [1.165, 1.54) is 0 Å². The van der Waals surface area contributed by atoms with E-state index in [0.717, 1.165) is 86.2 Å². The minimum absolute atomic E-state index is 0. The van der Waals surface area contributed by atoms with E-state index >= 15 is 0 Å². The molecule has 0 heterocycles. The van der Waals surface area contributed by atoms with Gasteiger partial charge in [-0.3, -0.25) is 28.8 Å². The van der Waals surface area contributed by atoms with Crippen LogP contribution in [0.3, 0.4) is 0 Å². The molecule has 0 aliphatic carbocycles. The van der Waals surface area contributed by atoms with Crippen molar-refractivity contribution in [2.45, 2.75) is 0 Å². The number of hydrogen-bond acceptors (Lipinski definition) is 28. The standard InChI is InChI=1S/3C8H6O4.7CH4O.La.3NO3.3Zn/c3*9-3-5-1-2-6(4-10)8(12)7(5)11;7*1-2;;3*2-1(3)4;;;/h3*1-4,11-12H;7*2H,1H3;;;;;;;/q;;;;;;;;;;+3;3*-1;3*+2/p-6. The Morgan fingerprint density at radius 1 is 0.303 bits per heavy atom. The Morgan fingerprint density at radius 3 is 0.409 bits per heavy atom. The first-order valence-electron chi connectivity index (χ1n) is 14.1. The second-order valence-corrected chi connectivity index (χ2v) is 7.08. The predicted octanol–water partition coefficient (Wildman–Crippen LogP) is -5.09. The third kappa shape index (κ3) is 58.9. The zero-order valence-electron chi connectivity index (χ0n) is 35.7. The number of aliphatic hydroxyl groups excluding tert-OH is 7. The van der Waals surface area contributed by atoms with Gasteiger partial charge in [-0.2, -0.15) is 0 Å². The Morgan fingerprint density at radius 2 is 0.364 bits per heavy atom. The van der Waals surface area contributed by atoms with E-state index in [4.69, 9.17) is 81.7 Å². The number of carbonyl (C=O) groups is 6. The second-order valence-electron chi connectivity index (χ2n) is 7.08. The van der Waals surface area contributed by atoms with Crippen molar-refractivity contribution >= 4 is 37.7 Å². The molecule has 0 aromatic heterocycles. The average Bonchev–Trinajstić information content (AvgIpc) is 3.28. The normalized spacial score (nSPS) is 6.82. The Labute approximate surface area is 439 Å². The largest absolute Gasteiger partial charge is 3.00 e. The summed E-state index contributed by atoms with van der Waals surface area (Å²) in [4.78, 5) is 85.7. The molecule has 3 rings (SSSR count). The van der Waals surface area contributed by atoms with Crippen LogP contribution < -0.4 is 30.6 Å². The summed E-state index contributed by atoms with van der Waals surface area (Å²) >= 11 is 0. The number of hydrogen-bond donors (Lipinski definition) is 7. The van der Waals surface area contributed by atoms with Crippen LogP contribution in [0.4, 0.5) is 0 Å². The first kappa shape index (κ1) is 99.3. The van der Waals surface area contributed by atoms with Gasteiger partial charge in [0.25, 0.3) is 0 Å². The van der Waals surface area contributed by atoms with Gasteiger partial charge in [-0.05, 0) is 0 Å². The van der Waals surface area contributed by atoms with Crippen LogP contribution in [0.1, 0.15) is 62.1 Å². The summed E-state index contributed by atoms with van der Waals surface area (Å²) in [5.41, 5.74) is -1.30. The van der Waals surface area contributed by atoms with Gasteiger partial charge in [-0.15, -0.1) is 34.5 Å². The maximum atomic E-state index is 10.9. The molecule has 35 heteroatoms. The molecule has 0 saturated heterocycles. The van der Waals surface area contributed by atoms with Gasteiger partial charge in [-0.25, -0.2) is 0 Å². The first-order valence-corrected chi connectivity index (χ1v) is 14.1. The molecule has 356 valence electrons. The number of carbonyl (C=O) groups excluding carboxylic acids is 6. The summed E-state index contributed by atoms with van der Waals surface area (Å²) < 4.78 is 0. The molecule has 0 fully saturated rings. The molecule has 3 aromatic carbocycles. The van der Waals surface area contributed by atoms with E-state index in [9.17, 15) is 59.4 Å². The van der Waals surface area contributed by atoms with Crippen molar-refractivity contribution < 1.29 is 204 Å². The van der Waals surface area contributed by atoms with Crippen molar-refractivity contribution in [1.82, 2.24) is 0 Å². The molecular weight excluding hydrogens is 1200 g/mol. The summed E-state index contributed by atoms with van der Waals surface area (Å²) in [5, 5.41) is 159. The van der Waals surface area contributed by atoms with Gasteiger partial charge >= 0.3 is 94.0 Å². The van der Waals surface area contributed by atoms with E-state index in [1.807, 2.05) is 0 Å². The van der Waals surface area contributed by atoms with Crippen molar-refractivity contribution in [2.24, 2.45) is 0 Å². The summed E-state index contributed by atoms with van der Waals surface area (Å²) in [6, 6.07) is 6.92. The van der Waals surface area contributed by atoms with Crippen LogP contribution >= 0.6 is 0 Å². The maximum absolute atomic E-state index is 10.9. The third-order valence-electron chi connectivity index (χ3n) is 4.28. The van der Waals surface area contributed by atoms with Gasteiger partial charge < -0.3 is 112 Å². The number of aldehydes is 6.